The summed E-state index contributed by atoms with van der Waals surface area (Å²) in [5.41, 5.74) is 2.35. The van der Waals surface area contributed by atoms with Crippen molar-refractivity contribution in [2.75, 3.05) is 42.3 Å². The fraction of sp³-hybridized carbons (Fsp3) is 0.318. The van der Waals surface area contributed by atoms with Gasteiger partial charge >= 0.3 is 0 Å². The second-order valence-corrected chi connectivity index (χ2v) is 9.19. The maximum Gasteiger partial charge on any atom is 0.288 e. The molecule has 1 N–H and O–H groups in total. The number of nitrogens with one attached hydrogen (secondary N) is 1. The SMILES string of the molecule is Cc1ccccc1-n1c(SCC(=O)Nc2ccccc2SC(F)F)nnc1N1CCOCC1. The number of carbonyl (C=O) groups excluding carboxylic acids is 1. The van der Waals surface area contributed by atoms with Crippen LogP contribution in [-0.2, 0) is 9.53 Å². The van der Waals surface area contributed by atoms with Gasteiger partial charge in [0.25, 0.3) is 5.76 Å². The summed E-state index contributed by atoms with van der Waals surface area (Å²) in [7, 11) is 0. The van der Waals surface area contributed by atoms with Crippen LogP contribution >= 0.6 is 23.5 Å². The van der Waals surface area contributed by atoms with Gasteiger partial charge in [-0.3, -0.25) is 9.36 Å². The molecule has 0 radical (unpaired) electrons. The number of hydrogen-bond acceptors (Lipinski definition) is 7. The summed E-state index contributed by atoms with van der Waals surface area (Å²) in [6.07, 6.45) is 0. The van der Waals surface area contributed by atoms with Gasteiger partial charge < -0.3 is 15.0 Å². The summed E-state index contributed by atoms with van der Waals surface area (Å²) in [4.78, 5) is 15.1. The van der Waals surface area contributed by atoms with Crippen LogP contribution in [0.5, 0.6) is 0 Å². The van der Waals surface area contributed by atoms with Gasteiger partial charge in [-0.1, -0.05) is 53.9 Å². The second kappa shape index (κ2) is 11.0. The van der Waals surface area contributed by atoms with Gasteiger partial charge in [0, 0.05) is 18.0 Å². The fourth-order valence-corrected chi connectivity index (χ4v) is 4.77. The Balaban J connectivity index is 1.53. The zero-order valence-electron chi connectivity index (χ0n) is 17.9. The molecule has 1 aliphatic rings. The minimum Gasteiger partial charge on any atom is -0.378 e. The van der Waals surface area contributed by atoms with Crippen molar-refractivity contribution in [3.63, 3.8) is 0 Å². The van der Waals surface area contributed by atoms with Gasteiger partial charge in [0.1, 0.15) is 0 Å². The van der Waals surface area contributed by atoms with Crippen LogP contribution in [0.3, 0.4) is 0 Å². The average molecular weight is 492 g/mol. The minimum atomic E-state index is -2.57. The van der Waals surface area contributed by atoms with Gasteiger partial charge in [-0.05, 0) is 30.7 Å². The van der Waals surface area contributed by atoms with E-state index in [0.717, 1.165) is 11.3 Å². The Bertz CT molecular complexity index is 1110. The molecule has 1 saturated heterocycles. The summed E-state index contributed by atoms with van der Waals surface area (Å²) >= 11 is 1.65. The first-order chi connectivity index (χ1) is 16.0. The Morgan fingerprint density at radius 1 is 1.12 bits per heavy atom. The number of nitrogens with zero attached hydrogens (tertiary/aromatic N) is 4. The second-order valence-electron chi connectivity index (χ2n) is 7.22. The Morgan fingerprint density at radius 3 is 2.61 bits per heavy atom. The molecule has 3 aromatic rings. The van der Waals surface area contributed by atoms with Gasteiger partial charge in [-0.15, -0.1) is 10.2 Å². The molecular weight excluding hydrogens is 468 g/mol. The number of aromatic nitrogens is 3. The number of ether oxygens (including phenoxy) is 1. The number of aryl methyl sites for hydroxylation is 1. The van der Waals surface area contributed by atoms with Gasteiger partial charge in [0.15, 0.2) is 5.16 Å². The zero-order valence-corrected chi connectivity index (χ0v) is 19.5. The number of para-hydroxylation sites is 2. The Labute approximate surface area is 198 Å². The number of morpholine rings is 1. The van der Waals surface area contributed by atoms with Crippen LogP contribution in [0.4, 0.5) is 20.4 Å². The summed E-state index contributed by atoms with van der Waals surface area (Å²) in [6.45, 7) is 4.64. The molecule has 1 aliphatic heterocycles. The third kappa shape index (κ3) is 5.84. The highest BCUT2D eigenvalue weighted by Gasteiger charge is 2.23. The van der Waals surface area contributed by atoms with Gasteiger partial charge in [0.2, 0.25) is 11.9 Å². The molecule has 7 nitrogen and oxygen atoms in total. The van der Waals surface area contributed by atoms with Gasteiger partial charge in [-0.25, -0.2) is 0 Å². The summed E-state index contributed by atoms with van der Waals surface area (Å²) in [5.74, 6) is -2.12. The van der Waals surface area contributed by atoms with E-state index >= 15 is 0 Å². The molecular formula is C22H23F2N5O2S2. The van der Waals surface area contributed by atoms with Crippen molar-refractivity contribution in [2.45, 2.75) is 22.7 Å². The number of benzene rings is 2. The number of alkyl halides is 2. The molecule has 1 fully saturated rings. The molecule has 0 bridgehead atoms. The fourth-order valence-electron chi connectivity index (χ4n) is 3.43. The highest BCUT2D eigenvalue weighted by molar-refractivity contribution is 8.00. The first-order valence-electron chi connectivity index (χ1n) is 10.3. The van der Waals surface area contributed by atoms with Gasteiger partial charge in [0.05, 0.1) is 30.3 Å². The topological polar surface area (TPSA) is 72.3 Å². The third-order valence-electron chi connectivity index (χ3n) is 4.98. The van der Waals surface area contributed by atoms with Crippen molar-refractivity contribution in [1.82, 2.24) is 14.8 Å². The molecule has 174 valence electrons. The van der Waals surface area contributed by atoms with E-state index < -0.39 is 5.76 Å². The van der Waals surface area contributed by atoms with Crippen LogP contribution in [0.2, 0.25) is 0 Å². The summed E-state index contributed by atoms with van der Waals surface area (Å²) in [6, 6.07) is 14.4. The first kappa shape index (κ1) is 23.5. The molecule has 2 heterocycles. The van der Waals surface area contributed by atoms with Crippen molar-refractivity contribution in [3.8, 4) is 5.69 Å². The van der Waals surface area contributed by atoms with E-state index in [1.54, 1.807) is 24.3 Å². The Morgan fingerprint density at radius 2 is 1.85 bits per heavy atom. The number of anilines is 2. The number of hydrogen-bond donors (Lipinski definition) is 1. The maximum absolute atomic E-state index is 12.8. The molecule has 0 aliphatic carbocycles. The number of carbonyl (C=O) groups is 1. The van der Waals surface area contributed by atoms with E-state index in [2.05, 4.69) is 20.4 Å². The highest BCUT2D eigenvalue weighted by atomic mass is 32.2. The molecule has 0 atom stereocenters. The van der Waals surface area contributed by atoms with Gasteiger partial charge in [-0.2, -0.15) is 8.78 Å². The van der Waals surface area contributed by atoms with E-state index in [9.17, 15) is 13.6 Å². The molecule has 1 amide bonds. The largest absolute Gasteiger partial charge is 0.378 e. The molecule has 11 heteroatoms. The van der Waals surface area contributed by atoms with Crippen molar-refractivity contribution < 1.29 is 18.3 Å². The lowest BCUT2D eigenvalue weighted by Crippen LogP contribution is -2.38. The smallest absolute Gasteiger partial charge is 0.288 e. The van der Waals surface area contributed by atoms with E-state index in [0.29, 0.717) is 59.8 Å². The normalized spacial score (nSPS) is 14.0. The summed E-state index contributed by atoms with van der Waals surface area (Å²) < 4.78 is 33.1. The van der Waals surface area contributed by atoms with E-state index in [1.165, 1.54) is 11.8 Å². The van der Waals surface area contributed by atoms with Crippen LogP contribution in [0.15, 0.2) is 58.6 Å². The molecule has 0 spiro atoms. The first-order valence-corrected chi connectivity index (χ1v) is 12.2. The zero-order chi connectivity index (χ0) is 23.2. The predicted octanol–water partition coefficient (Wildman–Crippen LogP) is 4.46. The monoisotopic (exact) mass is 491 g/mol. The van der Waals surface area contributed by atoms with Crippen LogP contribution in [-0.4, -0.2) is 58.5 Å². The third-order valence-corrected chi connectivity index (χ3v) is 6.69. The lowest BCUT2D eigenvalue weighted by atomic mass is 10.2. The van der Waals surface area contributed by atoms with E-state index in [1.807, 2.05) is 35.8 Å². The molecule has 4 rings (SSSR count). The van der Waals surface area contributed by atoms with Crippen molar-refractivity contribution in [1.29, 1.82) is 0 Å². The molecule has 33 heavy (non-hydrogen) atoms. The number of rotatable bonds is 8. The quantitative estimate of drug-likeness (QED) is 0.467. The number of halogens is 2. The number of amides is 1. The Kier molecular flexibility index (Phi) is 7.84. The van der Waals surface area contributed by atoms with Crippen molar-refractivity contribution in [2.24, 2.45) is 0 Å². The Hall–Kier alpha value is -2.63. The van der Waals surface area contributed by atoms with Crippen LogP contribution in [0, 0.1) is 6.92 Å². The van der Waals surface area contributed by atoms with E-state index in [4.69, 9.17) is 4.74 Å². The average Bonchev–Trinajstić information content (AvgIpc) is 3.23. The van der Waals surface area contributed by atoms with Crippen molar-refractivity contribution >= 4 is 41.1 Å². The lowest BCUT2D eigenvalue weighted by molar-refractivity contribution is -0.113. The molecule has 1 aromatic heterocycles. The lowest BCUT2D eigenvalue weighted by Gasteiger charge is -2.28. The number of thioether (sulfide) groups is 2. The van der Waals surface area contributed by atoms with Crippen LogP contribution < -0.4 is 10.2 Å². The minimum absolute atomic E-state index is 0.0564. The maximum atomic E-state index is 12.8. The molecule has 0 unspecified atom stereocenters. The standard InChI is InChI=1S/C22H23F2N5O2S2/c1-15-6-2-4-8-17(15)29-21(28-10-12-31-13-11-28)26-27-22(29)32-14-19(30)25-16-7-3-5-9-18(16)33-20(23)24/h2-9,20H,10-14H2,1H3,(H,25,30). The molecule has 0 saturated carbocycles. The highest BCUT2D eigenvalue weighted by Crippen LogP contribution is 2.32. The van der Waals surface area contributed by atoms with E-state index in [-0.39, 0.29) is 11.7 Å². The van der Waals surface area contributed by atoms with Crippen molar-refractivity contribution in [3.05, 3.63) is 54.1 Å². The molecule has 2 aromatic carbocycles. The van der Waals surface area contributed by atoms with Crippen LogP contribution in [0.1, 0.15) is 5.56 Å². The summed E-state index contributed by atoms with van der Waals surface area (Å²) in [5, 5.41) is 12.1. The predicted molar refractivity (Wildman–Crippen MR) is 127 cm³/mol. The van der Waals surface area contributed by atoms with Crippen LogP contribution in [0.25, 0.3) is 5.69 Å².